The Morgan fingerprint density at radius 1 is 0.900 bits per heavy atom. The van der Waals surface area contributed by atoms with E-state index in [1.165, 1.54) is 6.07 Å². The van der Waals surface area contributed by atoms with Gasteiger partial charge in [-0.15, -0.1) is 0 Å². The average molecular weight is 444 g/mol. The van der Waals surface area contributed by atoms with E-state index in [0.29, 0.717) is 33.9 Å². The standard InChI is InChI=1S/C23H19Cl2NO4/c1-2-28-22-13-17(4-3-16-9-11-26-12-10-16)5-7-21(22)30-23(27)15-29-20-8-6-18(24)14-19(20)25/h3-14H,2,15H2,1H3/b4-3+. The van der Waals surface area contributed by atoms with Gasteiger partial charge in [0.05, 0.1) is 11.6 Å². The van der Waals surface area contributed by atoms with E-state index in [4.69, 9.17) is 37.4 Å². The van der Waals surface area contributed by atoms with Gasteiger partial charge in [0.25, 0.3) is 0 Å². The fourth-order valence-corrected chi connectivity index (χ4v) is 2.99. The molecule has 0 unspecified atom stereocenters. The SMILES string of the molecule is CCOc1cc(/C=C/c2ccncc2)ccc1OC(=O)COc1ccc(Cl)cc1Cl. The number of hydrogen-bond donors (Lipinski definition) is 0. The summed E-state index contributed by atoms with van der Waals surface area (Å²) >= 11 is 11.9. The van der Waals surface area contributed by atoms with E-state index < -0.39 is 5.97 Å². The van der Waals surface area contributed by atoms with Crippen molar-refractivity contribution in [2.75, 3.05) is 13.2 Å². The second-order valence-corrected chi connectivity index (χ2v) is 6.93. The predicted octanol–water partition coefficient (Wildman–Crippen LogP) is 5.94. The molecule has 154 valence electrons. The highest BCUT2D eigenvalue weighted by molar-refractivity contribution is 6.35. The molecule has 3 aromatic rings. The smallest absolute Gasteiger partial charge is 0.349 e. The van der Waals surface area contributed by atoms with Gasteiger partial charge in [-0.1, -0.05) is 41.4 Å². The molecule has 0 aliphatic carbocycles. The summed E-state index contributed by atoms with van der Waals surface area (Å²) in [5.41, 5.74) is 1.93. The van der Waals surface area contributed by atoms with Crippen LogP contribution >= 0.6 is 23.2 Å². The first kappa shape index (κ1) is 21.7. The number of rotatable bonds is 8. The van der Waals surface area contributed by atoms with E-state index in [9.17, 15) is 4.79 Å². The number of carbonyl (C=O) groups excluding carboxylic acids is 1. The van der Waals surface area contributed by atoms with Crippen molar-refractivity contribution in [3.05, 3.63) is 82.1 Å². The van der Waals surface area contributed by atoms with Gasteiger partial charge in [-0.2, -0.15) is 0 Å². The molecule has 30 heavy (non-hydrogen) atoms. The van der Waals surface area contributed by atoms with Gasteiger partial charge < -0.3 is 14.2 Å². The molecule has 1 aromatic heterocycles. The third kappa shape index (κ3) is 6.24. The maximum atomic E-state index is 12.2. The molecule has 0 radical (unpaired) electrons. The largest absolute Gasteiger partial charge is 0.490 e. The molecule has 2 aromatic carbocycles. The van der Waals surface area contributed by atoms with Gasteiger partial charge in [0.15, 0.2) is 18.1 Å². The number of pyridine rings is 1. The number of aromatic nitrogens is 1. The molecule has 0 saturated carbocycles. The van der Waals surface area contributed by atoms with Crippen LogP contribution in [0.2, 0.25) is 10.0 Å². The number of carbonyl (C=O) groups is 1. The highest BCUT2D eigenvalue weighted by Crippen LogP contribution is 2.30. The minimum atomic E-state index is -0.581. The molecule has 0 saturated heterocycles. The van der Waals surface area contributed by atoms with Crippen molar-refractivity contribution in [2.45, 2.75) is 6.92 Å². The second kappa shape index (κ2) is 10.7. The van der Waals surface area contributed by atoms with E-state index in [-0.39, 0.29) is 6.61 Å². The van der Waals surface area contributed by atoms with Gasteiger partial charge in [0.2, 0.25) is 0 Å². The van der Waals surface area contributed by atoms with Crippen LogP contribution in [0, 0.1) is 0 Å². The van der Waals surface area contributed by atoms with Gasteiger partial charge in [-0.3, -0.25) is 4.98 Å². The lowest BCUT2D eigenvalue weighted by atomic mass is 10.1. The zero-order valence-corrected chi connectivity index (χ0v) is 17.7. The molecule has 0 bridgehead atoms. The Balaban J connectivity index is 1.67. The van der Waals surface area contributed by atoms with Crippen LogP contribution in [0.5, 0.6) is 17.2 Å². The van der Waals surface area contributed by atoms with E-state index >= 15 is 0 Å². The Kier molecular flexibility index (Phi) is 7.71. The first-order chi connectivity index (χ1) is 14.5. The van der Waals surface area contributed by atoms with Gasteiger partial charge in [0.1, 0.15) is 5.75 Å². The summed E-state index contributed by atoms with van der Waals surface area (Å²) in [6.07, 6.45) is 7.36. The Hall–Kier alpha value is -3.02. The van der Waals surface area contributed by atoms with Crippen LogP contribution in [0.25, 0.3) is 12.2 Å². The van der Waals surface area contributed by atoms with E-state index in [2.05, 4.69) is 4.98 Å². The van der Waals surface area contributed by atoms with Crippen LogP contribution in [0.1, 0.15) is 18.1 Å². The lowest BCUT2D eigenvalue weighted by molar-refractivity contribution is -0.136. The summed E-state index contributed by atoms with van der Waals surface area (Å²) in [5, 5.41) is 0.796. The summed E-state index contributed by atoms with van der Waals surface area (Å²) in [5.74, 6) is 0.544. The summed E-state index contributed by atoms with van der Waals surface area (Å²) in [6, 6.07) is 13.9. The number of ether oxygens (including phenoxy) is 3. The molecule has 0 spiro atoms. The topological polar surface area (TPSA) is 57.7 Å². The number of hydrogen-bond acceptors (Lipinski definition) is 5. The molecule has 3 rings (SSSR count). The van der Waals surface area contributed by atoms with Gasteiger partial charge in [-0.05, 0) is 60.5 Å². The highest BCUT2D eigenvalue weighted by atomic mass is 35.5. The molecule has 7 heteroatoms. The molecule has 0 aliphatic rings. The Labute approximate surface area is 184 Å². The molecular weight excluding hydrogens is 425 g/mol. The summed E-state index contributed by atoms with van der Waals surface area (Å²) in [6.45, 7) is 1.98. The van der Waals surface area contributed by atoms with E-state index in [0.717, 1.165) is 11.1 Å². The van der Waals surface area contributed by atoms with E-state index in [1.807, 2.05) is 37.3 Å². The average Bonchev–Trinajstić information content (AvgIpc) is 2.74. The first-order valence-corrected chi connectivity index (χ1v) is 9.94. The van der Waals surface area contributed by atoms with Gasteiger partial charge in [0, 0.05) is 17.4 Å². The normalized spacial score (nSPS) is 10.8. The molecule has 0 amide bonds. The Bertz CT molecular complexity index is 1040. The highest BCUT2D eigenvalue weighted by Gasteiger charge is 2.13. The van der Waals surface area contributed by atoms with Crippen molar-refractivity contribution in [3.63, 3.8) is 0 Å². The molecule has 0 atom stereocenters. The quantitative estimate of drug-likeness (QED) is 0.318. The van der Waals surface area contributed by atoms with Crippen molar-refractivity contribution < 1.29 is 19.0 Å². The van der Waals surface area contributed by atoms with Crippen LogP contribution < -0.4 is 14.2 Å². The van der Waals surface area contributed by atoms with Crippen molar-refractivity contribution in [3.8, 4) is 17.2 Å². The lowest BCUT2D eigenvalue weighted by Gasteiger charge is -2.12. The molecular formula is C23H19Cl2NO4. The summed E-state index contributed by atoms with van der Waals surface area (Å²) in [7, 11) is 0. The Morgan fingerprint density at radius 2 is 1.63 bits per heavy atom. The predicted molar refractivity (Wildman–Crippen MR) is 118 cm³/mol. The van der Waals surface area contributed by atoms with Crippen LogP contribution in [0.3, 0.4) is 0 Å². The maximum Gasteiger partial charge on any atom is 0.349 e. The van der Waals surface area contributed by atoms with Gasteiger partial charge >= 0.3 is 5.97 Å². The lowest BCUT2D eigenvalue weighted by Crippen LogP contribution is -2.18. The van der Waals surface area contributed by atoms with Crippen molar-refractivity contribution in [1.82, 2.24) is 4.98 Å². The minimum Gasteiger partial charge on any atom is -0.490 e. The zero-order valence-electron chi connectivity index (χ0n) is 16.2. The van der Waals surface area contributed by atoms with Crippen molar-refractivity contribution >= 4 is 41.3 Å². The summed E-state index contributed by atoms with van der Waals surface area (Å²) in [4.78, 5) is 16.2. The number of esters is 1. The van der Waals surface area contributed by atoms with E-state index in [1.54, 1.807) is 36.7 Å². The van der Waals surface area contributed by atoms with Crippen molar-refractivity contribution in [1.29, 1.82) is 0 Å². The molecule has 5 nitrogen and oxygen atoms in total. The van der Waals surface area contributed by atoms with Crippen LogP contribution in [-0.2, 0) is 4.79 Å². The minimum absolute atomic E-state index is 0.309. The molecule has 0 fully saturated rings. The second-order valence-electron chi connectivity index (χ2n) is 6.09. The van der Waals surface area contributed by atoms with Gasteiger partial charge in [-0.25, -0.2) is 4.79 Å². The van der Waals surface area contributed by atoms with Crippen LogP contribution in [0.4, 0.5) is 0 Å². The maximum absolute atomic E-state index is 12.2. The Morgan fingerprint density at radius 3 is 2.37 bits per heavy atom. The van der Waals surface area contributed by atoms with Crippen LogP contribution in [0.15, 0.2) is 60.9 Å². The van der Waals surface area contributed by atoms with Crippen molar-refractivity contribution in [2.24, 2.45) is 0 Å². The molecule has 0 aliphatic heterocycles. The fraction of sp³-hybridized carbons (Fsp3) is 0.130. The molecule has 0 N–H and O–H groups in total. The summed E-state index contributed by atoms with van der Waals surface area (Å²) < 4.78 is 16.5. The monoisotopic (exact) mass is 443 g/mol. The first-order valence-electron chi connectivity index (χ1n) is 9.18. The third-order valence-corrected chi connectivity index (χ3v) is 4.44. The number of nitrogens with zero attached hydrogens (tertiary/aromatic N) is 1. The van der Waals surface area contributed by atoms with Crippen LogP contribution in [-0.4, -0.2) is 24.2 Å². The molecule has 1 heterocycles. The zero-order chi connectivity index (χ0) is 21.3. The fourth-order valence-electron chi connectivity index (χ4n) is 2.53. The number of benzene rings is 2. The number of halogens is 2. The third-order valence-electron chi connectivity index (χ3n) is 3.91.